The second-order valence-corrected chi connectivity index (χ2v) is 10.6. The SMILES string of the molecule is COc1ccc(/C=N\OCC(=O)N=Nc2c(O)n(CN3CCCC[C@H]3c3cccnc3)c3ccc(Br)cc23)cc1OC. The molecule has 1 saturated heterocycles. The van der Waals surface area contributed by atoms with Crippen molar-refractivity contribution in [2.24, 2.45) is 15.4 Å². The molecular formula is C30H31BrN6O5. The lowest BCUT2D eigenvalue weighted by atomic mass is 9.97. The molecule has 0 bridgehead atoms. The number of piperidine rings is 1. The lowest BCUT2D eigenvalue weighted by Gasteiger charge is -2.36. The summed E-state index contributed by atoms with van der Waals surface area (Å²) >= 11 is 3.50. The molecule has 1 aliphatic rings. The van der Waals surface area contributed by atoms with Gasteiger partial charge in [0, 0.05) is 40.4 Å². The number of hydrogen-bond donors (Lipinski definition) is 1. The quantitative estimate of drug-likeness (QED) is 0.122. The molecule has 218 valence electrons. The van der Waals surface area contributed by atoms with Gasteiger partial charge < -0.3 is 19.4 Å². The summed E-state index contributed by atoms with van der Waals surface area (Å²) in [5.41, 5.74) is 2.84. The molecule has 1 fully saturated rings. The molecule has 2 aromatic carbocycles. The maximum absolute atomic E-state index is 12.4. The van der Waals surface area contributed by atoms with E-state index in [9.17, 15) is 9.90 Å². The van der Waals surface area contributed by atoms with Crippen LogP contribution in [-0.2, 0) is 16.3 Å². The summed E-state index contributed by atoms with van der Waals surface area (Å²) in [7, 11) is 3.10. The van der Waals surface area contributed by atoms with E-state index in [1.54, 1.807) is 43.2 Å². The van der Waals surface area contributed by atoms with Gasteiger partial charge in [-0.2, -0.15) is 0 Å². The number of pyridine rings is 1. The van der Waals surface area contributed by atoms with Crippen molar-refractivity contribution in [3.63, 3.8) is 0 Å². The second kappa shape index (κ2) is 13.6. The molecule has 0 radical (unpaired) electrons. The zero-order chi connectivity index (χ0) is 29.5. The summed E-state index contributed by atoms with van der Waals surface area (Å²) in [6, 6.07) is 15.1. The number of azo groups is 1. The molecule has 1 amide bonds. The Morgan fingerprint density at radius 2 is 2.00 bits per heavy atom. The minimum atomic E-state index is -0.651. The van der Waals surface area contributed by atoms with E-state index in [1.807, 2.05) is 30.5 Å². The van der Waals surface area contributed by atoms with Crippen LogP contribution in [0.1, 0.15) is 36.4 Å². The van der Waals surface area contributed by atoms with Crippen LogP contribution in [0.15, 0.2) is 80.8 Å². The predicted molar refractivity (Wildman–Crippen MR) is 161 cm³/mol. The Balaban J connectivity index is 1.31. The largest absolute Gasteiger partial charge is 0.493 e. The maximum Gasteiger partial charge on any atom is 0.304 e. The highest BCUT2D eigenvalue weighted by Crippen LogP contribution is 2.41. The molecule has 2 aromatic heterocycles. The fourth-order valence-corrected chi connectivity index (χ4v) is 5.45. The van der Waals surface area contributed by atoms with Gasteiger partial charge in [0.05, 0.1) is 32.6 Å². The molecule has 0 unspecified atom stereocenters. The molecule has 0 spiro atoms. The Bertz CT molecular complexity index is 1610. The first-order valence-electron chi connectivity index (χ1n) is 13.4. The van der Waals surface area contributed by atoms with Crippen molar-refractivity contribution in [3.8, 4) is 17.4 Å². The van der Waals surface area contributed by atoms with Gasteiger partial charge in [0.2, 0.25) is 5.88 Å². The van der Waals surface area contributed by atoms with Gasteiger partial charge in [0.15, 0.2) is 23.8 Å². The van der Waals surface area contributed by atoms with Crippen molar-refractivity contribution in [1.29, 1.82) is 0 Å². The van der Waals surface area contributed by atoms with Gasteiger partial charge in [-0.1, -0.05) is 33.6 Å². The number of ether oxygens (including phenoxy) is 2. The van der Waals surface area contributed by atoms with Crippen LogP contribution in [0, 0.1) is 0 Å². The number of methoxy groups -OCH3 is 2. The fraction of sp³-hybridized carbons (Fsp3) is 0.300. The number of halogens is 1. The molecule has 11 nitrogen and oxygen atoms in total. The molecule has 5 rings (SSSR count). The first-order chi connectivity index (χ1) is 20.5. The molecule has 4 aromatic rings. The van der Waals surface area contributed by atoms with E-state index >= 15 is 0 Å². The first-order valence-corrected chi connectivity index (χ1v) is 14.2. The van der Waals surface area contributed by atoms with Crippen LogP contribution in [-0.4, -0.2) is 59.1 Å². The average molecular weight is 636 g/mol. The van der Waals surface area contributed by atoms with E-state index in [4.69, 9.17) is 14.3 Å². The summed E-state index contributed by atoms with van der Waals surface area (Å²) in [5.74, 6) is 0.418. The minimum Gasteiger partial charge on any atom is -0.493 e. The average Bonchev–Trinajstić information content (AvgIpc) is 3.27. The van der Waals surface area contributed by atoms with Crippen LogP contribution in [0.4, 0.5) is 5.69 Å². The number of likely N-dealkylation sites (tertiary alicyclic amines) is 1. The van der Waals surface area contributed by atoms with Crippen LogP contribution in [0.5, 0.6) is 17.4 Å². The van der Waals surface area contributed by atoms with Gasteiger partial charge >= 0.3 is 5.91 Å². The van der Waals surface area contributed by atoms with Crippen LogP contribution in [0.2, 0.25) is 0 Å². The molecule has 42 heavy (non-hydrogen) atoms. The van der Waals surface area contributed by atoms with Crippen molar-refractivity contribution in [1.82, 2.24) is 14.5 Å². The third kappa shape index (κ3) is 6.60. The Hall–Kier alpha value is -4.29. The zero-order valence-corrected chi connectivity index (χ0v) is 24.9. The zero-order valence-electron chi connectivity index (χ0n) is 23.3. The summed E-state index contributed by atoms with van der Waals surface area (Å²) in [6.45, 7) is 0.906. The van der Waals surface area contributed by atoms with Gasteiger partial charge in [-0.3, -0.25) is 19.2 Å². The molecular weight excluding hydrogens is 604 g/mol. The molecule has 1 atom stereocenters. The van der Waals surface area contributed by atoms with Gasteiger partial charge in [0.1, 0.15) is 0 Å². The second-order valence-electron chi connectivity index (χ2n) is 9.73. The number of carbonyl (C=O) groups excluding carboxylic acids is 1. The lowest BCUT2D eigenvalue weighted by molar-refractivity contribution is -0.122. The Morgan fingerprint density at radius 1 is 1.14 bits per heavy atom. The van der Waals surface area contributed by atoms with E-state index in [1.165, 1.54) is 6.21 Å². The molecule has 0 saturated carbocycles. The number of hydrogen-bond acceptors (Lipinski definition) is 9. The number of benzene rings is 2. The molecule has 1 N–H and O–H groups in total. The number of aromatic nitrogens is 2. The van der Waals surface area contributed by atoms with Crippen LogP contribution in [0.3, 0.4) is 0 Å². The van der Waals surface area contributed by atoms with Crippen LogP contribution in [0.25, 0.3) is 10.9 Å². The Labute approximate surface area is 251 Å². The normalized spacial score (nSPS) is 15.9. The summed E-state index contributed by atoms with van der Waals surface area (Å²) in [6.07, 6.45) is 8.32. The molecule has 1 aliphatic heterocycles. The highest BCUT2D eigenvalue weighted by molar-refractivity contribution is 9.10. The number of fused-ring (bicyclic) bond motifs is 1. The predicted octanol–water partition coefficient (Wildman–Crippen LogP) is 6.37. The van der Waals surface area contributed by atoms with Crippen molar-refractivity contribution in [3.05, 3.63) is 76.5 Å². The van der Waals surface area contributed by atoms with Crippen molar-refractivity contribution in [2.45, 2.75) is 32.0 Å². The number of oxime groups is 1. The monoisotopic (exact) mass is 634 g/mol. The van der Waals surface area contributed by atoms with Crippen molar-refractivity contribution < 1.29 is 24.2 Å². The number of nitrogens with zero attached hydrogens (tertiary/aromatic N) is 6. The Morgan fingerprint density at radius 3 is 2.79 bits per heavy atom. The number of rotatable bonds is 10. The molecule has 3 heterocycles. The lowest BCUT2D eigenvalue weighted by Crippen LogP contribution is -2.34. The molecule has 0 aliphatic carbocycles. The molecule has 12 heteroatoms. The van der Waals surface area contributed by atoms with E-state index in [0.717, 1.165) is 41.4 Å². The highest BCUT2D eigenvalue weighted by Gasteiger charge is 2.27. The first kappa shape index (κ1) is 29.2. The summed E-state index contributed by atoms with van der Waals surface area (Å²) < 4.78 is 13.1. The van der Waals surface area contributed by atoms with Crippen LogP contribution < -0.4 is 9.47 Å². The fourth-order valence-electron chi connectivity index (χ4n) is 5.09. The third-order valence-electron chi connectivity index (χ3n) is 7.11. The topological polar surface area (TPSA) is 123 Å². The Kier molecular flexibility index (Phi) is 9.45. The van der Waals surface area contributed by atoms with E-state index in [0.29, 0.717) is 29.1 Å². The maximum atomic E-state index is 12.4. The number of aromatic hydroxyl groups is 1. The van der Waals surface area contributed by atoms with E-state index in [-0.39, 0.29) is 17.6 Å². The standard InChI is InChI=1S/C30H31BrN6O5/c1-40-26-11-8-20(14-27(26)41-2)16-33-42-18-28(38)34-35-29-23-15-22(31)9-10-25(23)37(30(29)39)19-36-13-4-3-7-24(36)21-6-5-12-32-17-21/h5-6,8-12,14-17,24,39H,3-4,7,13,18-19H2,1-2H3/b33-16-,35-34?/t24-/m0/s1. The summed E-state index contributed by atoms with van der Waals surface area (Å²) in [5, 5.41) is 23.7. The van der Waals surface area contributed by atoms with Gasteiger partial charge in [-0.25, -0.2) is 0 Å². The van der Waals surface area contributed by atoms with Gasteiger partial charge in [0.25, 0.3) is 0 Å². The smallest absolute Gasteiger partial charge is 0.304 e. The minimum absolute atomic E-state index is 0.0671. The van der Waals surface area contributed by atoms with Crippen molar-refractivity contribution in [2.75, 3.05) is 27.4 Å². The van der Waals surface area contributed by atoms with Crippen molar-refractivity contribution >= 4 is 44.6 Å². The van der Waals surface area contributed by atoms with E-state index in [2.05, 4.69) is 47.3 Å². The number of amides is 1. The summed E-state index contributed by atoms with van der Waals surface area (Å²) in [4.78, 5) is 24.2. The van der Waals surface area contributed by atoms with Gasteiger partial charge in [-0.05, 0) is 60.9 Å². The van der Waals surface area contributed by atoms with E-state index < -0.39 is 12.5 Å². The third-order valence-corrected chi connectivity index (χ3v) is 7.60. The van der Waals surface area contributed by atoms with Crippen LogP contribution >= 0.6 is 15.9 Å². The highest BCUT2D eigenvalue weighted by atomic mass is 79.9. The number of carbonyl (C=O) groups is 1. The van der Waals surface area contributed by atoms with Gasteiger partial charge in [-0.15, -0.1) is 10.2 Å².